The Balaban J connectivity index is 1.35. The second kappa shape index (κ2) is 6.71. The number of ether oxygens (including phenoxy) is 1. The minimum absolute atomic E-state index is 0.367. The van der Waals surface area contributed by atoms with Gasteiger partial charge in [-0.2, -0.15) is 0 Å². The van der Waals surface area contributed by atoms with Crippen LogP contribution in [0.5, 0.6) is 0 Å². The van der Waals surface area contributed by atoms with Gasteiger partial charge in [-0.25, -0.2) is 0 Å². The Morgan fingerprint density at radius 1 is 1.40 bits per heavy atom. The van der Waals surface area contributed by atoms with Gasteiger partial charge in [0.2, 0.25) is 0 Å². The van der Waals surface area contributed by atoms with E-state index < -0.39 is 0 Å². The van der Waals surface area contributed by atoms with Crippen LogP contribution in [-0.4, -0.2) is 55.7 Å². The summed E-state index contributed by atoms with van der Waals surface area (Å²) in [4.78, 5) is 10.3. The number of fused-ring (bicyclic) bond motifs is 1. The summed E-state index contributed by atoms with van der Waals surface area (Å²) in [5.74, 6) is 1.03. The van der Waals surface area contributed by atoms with E-state index in [2.05, 4.69) is 51.5 Å². The number of likely N-dealkylation sites (tertiary alicyclic amines) is 1. The van der Waals surface area contributed by atoms with Crippen molar-refractivity contribution in [3.8, 4) is 0 Å². The summed E-state index contributed by atoms with van der Waals surface area (Å²) in [6.07, 6.45) is 5.53. The fourth-order valence-corrected chi connectivity index (χ4v) is 4.24. The van der Waals surface area contributed by atoms with Gasteiger partial charge in [0.1, 0.15) is 0 Å². The van der Waals surface area contributed by atoms with E-state index in [4.69, 9.17) is 4.74 Å². The van der Waals surface area contributed by atoms with Crippen LogP contribution in [0.1, 0.15) is 24.0 Å². The molecular weight excluding hydrogens is 312 g/mol. The summed E-state index contributed by atoms with van der Waals surface area (Å²) in [6, 6.07) is 6.60. The molecule has 5 nitrogen and oxygen atoms in total. The summed E-state index contributed by atoms with van der Waals surface area (Å²) in [7, 11) is 1.88. The third kappa shape index (κ3) is 3.25. The summed E-state index contributed by atoms with van der Waals surface area (Å²) in [6.45, 7) is 7.00. The van der Waals surface area contributed by atoms with Gasteiger partial charge in [0.15, 0.2) is 5.96 Å². The molecule has 0 bridgehead atoms. The molecule has 1 spiro atoms. The molecule has 2 fully saturated rings. The van der Waals surface area contributed by atoms with E-state index in [1.807, 2.05) is 7.05 Å². The standard InChI is InChI=1S/C20H28N4O/c1-15-3-4-17-16(12-23-18(17)11-15)5-8-22-19(21-2)24-9-6-20(13-24)7-10-25-14-20/h3-4,11-12,23H,5-10,13-14H2,1-2H3,(H,21,22). The highest BCUT2D eigenvalue weighted by atomic mass is 16.5. The maximum Gasteiger partial charge on any atom is 0.193 e. The number of benzene rings is 1. The molecule has 2 aliphatic heterocycles. The number of aliphatic imine (C=N–C) groups is 1. The first-order valence-electron chi connectivity index (χ1n) is 9.29. The normalized spacial score (nSPS) is 23.9. The van der Waals surface area contributed by atoms with Gasteiger partial charge in [-0.15, -0.1) is 0 Å². The Bertz CT molecular complexity index is 773. The van der Waals surface area contributed by atoms with Crippen molar-refractivity contribution in [2.24, 2.45) is 10.4 Å². The zero-order chi connectivity index (χ0) is 17.3. The van der Waals surface area contributed by atoms with Gasteiger partial charge in [0.25, 0.3) is 0 Å². The average Bonchev–Trinajstić information content (AvgIpc) is 3.33. The van der Waals surface area contributed by atoms with Gasteiger partial charge in [0, 0.05) is 55.8 Å². The van der Waals surface area contributed by atoms with Crippen molar-refractivity contribution < 1.29 is 4.74 Å². The van der Waals surface area contributed by atoms with E-state index in [1.165, 1.54) is 34.9 Å². The quantitative estimate of drug-likeness (QED) is 0.667. The van der Waals surface area contributed by atoms with Crippen LogP contribution in [0.25, 0.3) is 10.9 Å². The maximum atomic E-state index is 5.63. The van der Waals surface area contributed by atoms with Crippen molar-refractivity contribution in [1.29, 1.82) is 0 Å². The first-order chi connectivity index (χ1) is 12.2. The molecule has 2 aromatic rings. The third-order valence-corrected chi connectivity index (χ3v) is 5.74. The van der Waals surface area contributed by atoms with Gasteiger partial charge < -0.3 is 19.9 Å². The van der Waals surface area contributed by atoms with Gasteiger partial charge in [-0.05, 0) is 43.4 Å². The van der Waals surface area contributed by atoms with Crippen LogP contribution >= 0.6 is 0 Å². The molecule has 4 rings (SSSR count). The lowest BCUT2D eigenvalue weighted by Crippen LogP contribution is -2.42. The summed E-state index contributed by atoms with van der Waals surface area (Å²) >= 11 is 0. The number of aryl methyl sites for hydroxylation is 1. The third-order valence-electron chi connectivity index (χ3n) is 5.74. The number of hydrogen-bond acceptors (Lipinski definition) is 2. The number of guanidine groups is 1. The molecule has 1 aromatic heterocycles. The molecule has 134 valence electrons. The first-order valence-corrected chi connectivity index (χ1v) is 9.29. The molecule has 25 heavy (non-hydrogen) atoms. The molecule has 0 radical (unpaired) electrons. The van der Waals surface area contributed by atoms with E-state index in [1.54, 1.807) is 0 Å². The monoisotopic (exact) mass is 340 g/mol. The molecule has 1 aromatic carbocycles. The van der Waals surface area contributed by atoms with E-state index in [-0.39, 0.29) is 0 Å². The van der Waals surface area contributed by atoms with Crippen molar-refractivity contribution in [2.45, 2.75) is 26.2 Å². The number of nitrogens with zero attached hydrogens (tertiary/aromatic N) is 2. The van der Waals surface area contributed by atoms with Gasteiger partial charge in [-0.1, -0.05) is 12.1 Å². The molecule has 3 heterocycles. The fraction of sp³-hybridized carbons (Fsp3) is 0.550. The smallest absolute Gasteiger partial charge is 0.193 e. The topological polar surface area (TPSA) is 52.7 Å². The highest BCUT2D eigenvalue weighted by molar-refractivity contribution is 5.84. The predicted molar refractivity (Wildman–Crippen MR) is 102 cm³/mol. The second-order valence-corrected chi connectivity index (χ2v) is 7.56. The maximum absolute atomic E-state index is 5.63. The highest BCUT2D eigenvalue weighted by Gasteiger charge is 2.42. The lowest BCUT2D eigenvalue weighted by Gasteiger charge is -2.24. The molecule has 0 aliphatic carbocycles. The SMILES string of the molecule is CN=C(NCCc1c[nH]c2cc(C)ccc12)N1CCC2(CCOC2)C1. The van der Waals surface area contributed by atoms with Crippen LogP contribution < -0.4 is 5.32 Å². The lowest BCUT2D eigenvalue weighted by atomic mass is 9.87. The van der Waals surface area contributed by atoms with E-state index in [0.717, 1.165) is 45.2 Å². The predicted octanol–water partition coefficient (Wildman–Crippen LogP) is 2.71. The lowest BCUT2D eigenvalue weighted by molar-refractivity contribution is 0.156. The fourth-order valence-electron chi connectivity index (χ4n) is 4.24. The van der Waals surface area contributed by atoms with Crippen molar-refractivity contribution in [2.75, 3.05) is 39.9 Å². The molecule has 1 atom stereocenters. The molecule has 5 heteroatoms. The van der Waals surface area contributed by atoms with Crippen molar-refractivity contribution >= 4 is 16.9 Å². The van der Waals surface area contributed by atoms with E-state index >= 15 is 0 Å². The minimum Gasteiger partial charge on any atom is -0.381 e. The largest absolute Gasteiger partial charge is 0.381 e. The Hall–Kier alpha value is -2.01. The number of hydrogen-bond donors (Lipinski definition) is 2. The molecular formula is C20H28N4O. The molecule has 2 N–H and O–H groups in total. The second-order valence-electron chi connectivity index (χ2n) is 7.56. The summed E-state index contributed by atoms with van der Waals surface area (Å²) in [5, 5.41) is 4.88. The van der Waals surface area contributed by atoms with E-state index in [9.17, 15) is 0 Å². The Morgan fingerprint density at radius 3 is 3.12 bits per heavy atom. The number of aromatic amines is 1. The van der Waals surface area contributed by atoms with Crippen LogP contribution in [0, 0.1) is 12.3 Å². The van der Waals surface area contributed by atoms with Crippen molar-refractivity contribution in [1.82, 2.24) is 15.2 Å². The number of aromatic nitrogens is 1. The molecule has 0 amide bonds. The molecule has 0 saturated carbocycles. The van der Waals surface area contributed by atoms with Crippen LogP contribution in [0.15, 0.2) is 29.4 Å². The minimum atomic E-state index is 0.367. The molecule has 1 unspecified atom stereocenters. The Labute approximate surface area is 149 Å². The number of rotatable bonds is 3. The van der Waals surface area contributed by atoms with Gasteiger partial charge >= 0.3 is 0 Å². The summed E-state index contributed by atoms with van der Waals surface area (Å²) in [5.41, 5.74) is 4.24. The van der Waals surface area contributed by atoms with Crippen LogP contribution in [0.2, 0.25) is 0 Å². The first kappa shape index (κ1) is 16.5. The van der Waals surface area contributed by atoms with E-state index in [0.29, 0.717) is 5.41 Å². The zero-order valence-corrected chi connectivity index (χ0v) is 15.3. The van der Waals surface area contributed by atoms with Crippen LogP contribution in [-0.2, 0) is 11.2 Å². The Kier molecular flexibility index (Phi) is 4.42. The highest BCUT2D eigenvalue weighted by Crippen LogP contribution is 2.38. The van der Waals surface area contributed by atoms with Gasteiger partial charge in [0.05, 0.1) is 6.61 Å². The van der Waals surface area contributed by atoms with Crippen molar-refractivity contribution in [3.63, 3.8) is 0 Å². The molecule has 2 saturated heterocycles. The summed E-state index contributed by atoms with van der Waals surface area (Å²) < 4.78 is 5.63. The van der Waals surface area contributed by atoms with Gasteiger partial charge in [-0.3, -0.25) is 4.99 Å². The number of nitrogens with one attached hydrogen (secondary N) is 2. The molecule has 2 aliphatic rings. The average molecular weight is 340 g/mol. The number of H-pyrrole nitrogens is 1. The van der Waals surface area contributed by atoms with Crippen LogP contribution in [0.3, 0.4) is 0 Å². The van der Waals surface area contributed by atoms with Crippen LogP contribution in [0.4, 0.5) is 0 Å². The zero-order valence-electron chi connectivity index (χ0n) is 15.3. The van der Waals surface area contributed by atoms with Crippen molar-refractivity contribution in [3.05, 3.63) is 35.5 Å². The Morgan fingerprint density at radius 2 is 2.32 bits per heavy atom.